The molecule has 0 aliphatic rings. The molecule has 1 heterocycles. The van der Waals surface area contributed by atoms with Crippen LogP contribution in [-0.2, 0) is 5.88 Å². The van der Waals surface area contributed by atoms with Gasteiger partial charge in [-0.3, -0.25) is 4.79 Å². The van der Waals surface area contributed by atoms with Crippen LogP contribution in [0.1, 0.15) is 5.56 Å². The molecule has 0 fully saturated rings. The predicted molar refractivity (Wildman–Crippen MR) is 62.4 cm³/mol. The third-order valence-electron chi connectivity index (χ3n) is 2.57. The van der Waals surface area contributed by atoms with Crippen molar-refractivity contribution in [3.63, 3.8) is 0 Å². The highest BCUT2D eigenvalue weighted by Crippen LogP contribution is 2.47. The van der Waals surface area contributed by atoms with Crippen LogP contribution in [0, 0.1) is 0 Å². The van der Waals surface area contributed by atoms with Gasteiger partial charge in [0, 0.05) is 0 Å². The van der Waals surface area contributed by atoms with Gasteiger partial charge in [0.2, 0.25) is 5.75 Å². The average molecular weight is 274 g/mol. The van der Waals surface area contributed by atoms with E-state index in [0.29, 0.717) is 0 Å². The molecule has 2 rings (SSSR count). The van der Waals surface area contributed by atoms with E-state index >= 15 is 0 Å². The van der Waals surface area contributed by atoms with Crippen LogP contribution in [0.5, 0.6) is 28.7 Å². The fourth-order valence-corrected chi connectivity index (χ4v) is 1.89. The minimum Gasteiger partial charge on any atom is -0.507 e. The minimum atomic E-state index is -1.08. The number of pyridine rings is 1. The molecule has 0 aliphatic carbocycles. The van der Waals surface area contributed by atoms with Crippen LogP contribution < -0.4 is 5.56 Å². The molecule has 1 aromatic heterocycles. The fourth-order valence-electron chi connectivity index (χ4n) is 1.64. The van der Waals surface area contributed by atoms with Crippen LogP contribution in [0.25, 0.3) is 10.9 Å². The van der Waals surface area contributed by atoms with Gasteiger partial charge in [0.25, 0.3) is 5.56 Å². The van der Waals surface area contributed by atoms with Gasteiger partial charge in [-0.05, 0) is 0 Å². The van der Waals surface area contributed by atoms with E-state index in [0.717, 1.165) is 0 Å². The van der Waals surface area contributed by atoms with Gasteiger partial charge >= 0.3 is 0 Å². The second kappa shape index (κ2) is 3.88. The molecule has 0 amide bonds. The van der Waals surface area contributed by atoms with Gasteiger partial charge in [-0.1, -0.05) is 0 Å². The Morgan fingerprint density at radius 2 is 1.50 bits per heavy atom. The van der Waals surface area contributed by atoms with Gasteiger partial charge in [0.1, 0.15) is 11.3 Å². The SMILES string of the molecule is O=c1[nH]c2c(O)c(O)c(CCl)c(O)c2c(O)c1O. The van der Waals surface area contributed by atoms with Crippen LogP contribution in [0.4, 0.5) is 0 Å². The maximum Gasteiger partial charge on any atom is 0.294 e. The van der Waals surface area contributed by atoms with Crippen molar-refractivity contribution in [2.75, 3.05) is 0 Å². The van der Waals surface area contributed by atoms with E-state index < -0.39 is 45.2 Å². The summed E-state index contributed by atoms with van der Waals surface area (Å²) in [6.45, 7) is 0. The third-order valence-corrected chi connectivity index (χ3v) is 2.84. The number of phenolic OH excluding ortho intramolecular Hbond substituents is 3. The molecular formula is C10H8ClNO6. The van der Waals surface area contributed by atoms with Crippen molar-refractivity contribution < 1.29 is 25.5 Å². The zero-order valence-electron chi connectivity index (χ0n) is 8.73. The first-order chi connectivity index (χ1) is 8.40. The van der Waals surface area contributed by atoms with E-state index in [9.17, 15) is 30.3 Å². The molecule has 96 valence electrons. The number of rotatable bonds is 1. The van der Waals surface area contributed by atoms with Crippen molar-refractivity contribution in [1.29, 1.82) is 0 Å². The van der Waals surface area contributed by atoms with E-state index in [-0.39, 0.29) is 11.4 Å². The minimum absolute atomic E-state index is 0.233. The summed E-state index contributed by atoms with van der Waals surface area (Å²) in [6.07, 6.45) is 0. The first kappa shape index (κ1) is 12.2. The lowest BCUT2D eigenvalue weighted by atomic mass is 10.1. The highest BCUT2D eigenvalue weighted by Gasteiger charge is 2.23. The van der Waals surface area contributed by atoms with Gasteiger partial charge in [-0.2, -0.15) is 0 Å². The van der Waals surface area contributed by atoms with Crippen molar-refractivity contribution >= 4 is 22.5 Å². The second-order valence-electron chi connectivity index (χ2n) is 3.56. The normalized spacial score (nSPS) is 10.9. The van der Waals surface area contributed by atoms with E-state index in [4.69, 9.17) is 11.6 Å². The number of aromatic hydroxyl groups is 5. The Morgan fingerprint density at radius 3 is 2.06 bits per heavy atom. The zero-order valence-corrected chi connectivity index (χ0v) is 9.49. The summed E-state index contributed by atoms with van der Waals surface area (Å²) in [5, 5.41) is 47.5. The molecule has 0 atom stereocenters. The fraction of sp³-hybridized carbons (Fsp3) is 0.100. The summed E-state index contributed by atoms with van der Waals surface area (Å²) < 4.78 is 0. The third kappa shape index (κ3) is 1.41. The molecular weight excluding hydrogens is 266 g/mol. The Balaban J connectivity index is 3.13. The van der Waals surface area contributed by atoms with E-state index in [1.54, 1.807) is 0 Å². The highest BCUT2D eigenvalue weighted by molar-refractivity contribution is 6.18. The van der Waals surface area contributed by atoms with Gasteiger partial charge < -0.3 is 30.5 Å². The van der Waals surface area contributed by atoms with Crippen molar-refractivity contribution in [3.8, 4) is 28.7 Å². The smallest absolute Gasteiger partial charge is 0.294 e. The molecule has 18 heavy (non-hydrogen) atoms. The number of fused-ring (bicyclic) bond motifs is 1. The maximum absolute atomic E-state index is 11.2. The molecule has 6 N–H and O–H groups in total. The first-order valence-electron chi connectivity index (χ1n) is 4.69. The molecule has 0 radical (unpaired) electrons. The number of nitrogens with one attached hydrogen (secondary N) is 1. The molecule has 0 aliphatic heterocycles. The van der Waals surface area contributed by atoms with Gasteiger partial charge in [-0.25, -0.2) is 0 Å². The number of H-pyrrole nitrogens is 1. The Labute approximate surface area is 104 Å². The highest BCUT2D eigenvalue weighted by atomic mass is 35.5. The average Bonchev–Trinajstić information content (AvgIpc) is 2.33. The number of phenols is 3. The van der Waals surface area contributed by atoms with Crippen molar-refractivity contribution in [3.05, 3.63) is 15.9 Å². The topological polar surface area (TPSA) is 134 Å². The van der Waals surface area contributed by atoms with Gasteiger partial charge in [0.15, 0.2) is 17.2 Å². The van der Waals surface area contributed by atoms with Crippen molar-refractivity contribution in [2.45, 2.75) is 5.88 Å². The first-order valence-corrected chi connectivity index (χ1v) is 5.23. The second-order valence-corrected chi connectivity index (χ2v) is 3.83. The van der Waals surface area contributed by atoms with Crippen molar-refractivity contribution in [1.82, 2.24) is 4.98 Å². The molecule has 1 aromatic carbocycles. The standard InChI is InChI=1S/C10H8ClNO6/c11-1-2-5(13)3-4(8(16)6(2)14)12-10(18)9(17)7(3)15/h13-14,16-17H,1H2,(H2,12,15,18). The molecule has 2 aromatic rings. The van der Waals surface area contributed by atoms with E-state index in [2.05, 4.69) is 0 Å². The summed E-state index contributed by atoms with van der Waals surface area (Å²) >= 11 is 5.49. The maximum atomic E-state index is 11.2. The molecule has 7 nitrogen and oxygen atoms in total. The monoisotopic (exact) mass is 273 g/mol. The lowest BCUT2D eigenvalue weighted by Crippen LogP contribution is -2.05. The summed E-state index contributed by atoms with van der Waals surface area (Å²) in [5.74, 6) is -4.38. The predicted octanol–water partition coefficient (Wildman–Crippen LogP) is 0.795. The Morgan fingerprint density at radius 1 is 0.889 bits per heavy atom. The van der Waals surface area contributed by atoms with Crippen molar-refractivity contribution in [2.24, 2.45) is 0 Å². The Bertz CT molecular complexity index is 708. The molecule has 0 bridgehead atoms. The molecule has 0 unspecified atom stereocenters. The summed E-state index contributed by atoms with van der Waals surface area (Å²) in [7, 11) is 0. The Hall–Kier alpha value is -2.28. The lowest BCUT2D eigenvalue weighted by Gasteiger charge is -2.12. The number of aromatic nitrogens is 1. The number of hydrogen-bond donors (Lipinski definition) is 6. The van der Waals surface area contributed by atoms with Crippen LogP contribution in [0.3, 0.4) is 0 Å². The number of alkyl halides is 1. The number of aromatic amines is 1. The van der Waals surface area contributed by atoms with Gasteiger partial charge in [-0.15, -0.1) is 11.6 Å². The van der Waals surface area contributed by atoms with Crippen LogP contribution in [0.2, 0.25) is 0 Å². The lowest BCUT2D eigenvalue weighted by molar-refractivity contribution is 0.388. The van der Waals surface area contributed by atoms with Crippen LogP contribution >= 0.6 is 11.6 Å². The van der Waals surface area contributed by atoms with Gasteiger partial charge in [0.05, 0.1) is 16.8 Å². The van der Waals surface area contributed by atoms with E-state index in [1.165, 1.54) is 0 Å². The van der Waals surface area contributed by atoms with E-state index in [1.807, 2.05) is 4.98 Å². The van der Waals surface area contributed by atoms with Crippen LogP contribution in [0.15, 0.2) is 4.79 Å². The summed E-state index contributed by atoms with van der Waals surface area (Å²) in [5.41, 5.74) is -1.71. The van der Waals surface area contributed by atoms with Crippen LogP contribution in [-0.4, -0.2) is 30.5 Å². The molecule has 8 heteroatoms. The number of hydrogen-bond acceptors (Lipinski definition) is 6. The molecule has 0 saturated heterocycles. The molecule has 0 saturated carbocycles. The molecule has 0 spiro atoms. The number of benzene rings is 1. The Kier molecular flexibility index (Phi) is 2.63. The quantitative estimate of drug-likeness (QED) is 0.258. The zero-order chi connectivity index (χ0) is 13.6. The summed E-state index contributed by atoms with van der Waals surface area (Å²) in [4.78, 5) is 13.2. The largest absolute Gasteiger partial charge is 0.507 e. The number of halogens is 1. The summed E-state index contributed by atoms with van der Waals surface area (Å²) in [6, 6.07) is 0.